The lowest BCUT2D eigenvalue weighted by atomic mass is 10.1. The van der Waals surface area contributed by atoms with Gasteiger partial charge in [0.1, 0.15) is 5.69 Å². The van der Waals surface area contributed by atoms with Crippen molar-refractivity contribution < 1.29 is 9.53 Å². The molecule has 6 nitrogen and oxygen atoms in total. The molecule has 6 heteroatoms. The summed E-state index contributed by atoms with van der Waals surface area (Å²) in [5.74, 6) is 0.0732. The Bertz CT molecular complexity index is 421. The fourth-order valence-corrected chi connectivity index (χ4v) is 2.34. The lowest BCUT2D eigenvalue weighted by Gasteiger charge is -2.26. The molecule has 0 amide bonds. The minimum absolute atomic E-state index is 0.0732. The second-order valence-corrected chi connectivity index (χ2v) is 4.99. The van der Waals surface area contributed by atoms with Crippen LogP contribution in [0.15, 0.2) is 6.20 Å². The normalized spacial score (nSPS) is 24.1. The maximum absolute atomic E-state index is 12.0. The van der Waals surface area contributed by atoms with E-state index in [2.05, 4.69) is 15.6 Å². The zero-order chi connectivity index (χ0) is 12.4. The van der Waals surface area contributed by atoms with E-state index in [-0.39, 0.29) is 11.9 Å². The van der Waals surface area contributed by atoms with E-state index in [9.17, 15) is 4.79 Å². The van der Waals surface area contributed by atoms with Crippen molar-refractivity contribution in [3.8, 4) is 0 Å². The smallest absolute Gasteiger partial charge is 0.184 e. The van der Waals surface area contributed by atoms with Crippen LogP contribution in [0.3, 0.4) is 0 Å². The first-order valence-electron chi connectivity index (χ1n) is 6.60. The number of carbonyl (C=O) groups excluding carboxylic acids is 1. The Morgan fingerprint density at radius 3 is 3.11 bits per heavy atom. The molecule has 98 valence electrons. The van der Waals surface area contributed by atoms with Crippen molar-refractivity contribution in [3.63, 3.8) is 0 Å². The minimum Gasteiger partial charge on any atom is -0.378 e. The first kappa shape index (κ1) is 11.8. The standard InChI is InChI=1S/C12H18N4O2/c17-12(4-3-10-2-1-5-18-10)11-8-16(15-14-11)9-6-13-7-9/h8-10,13H,1-7H2. The van der Waals surface area contributed by atoms with Gasteiger partial charge >= 0.3 is 0 Å². The molecule has 0 saturated carbocycles. The zero-order valence-electron chi connectivity index (χ0n) is 10.3. The van der Waals surface area contributed by atoms with Gasteiger partial charge in [-0.25, -0.2) is 4.68 Å². The van der Waals surface area contributed by atoms with Crippen molar-refractivity contribution in [2.24, 2.45) is 0 Å². The molecule has 3 heterocycles. The summed E-state index contributed by atoms with van der Waals surface area (Å²) in [6.45, 7) is 2.66. The van der Waals surface area contributed by atoms with Crippen LogP contribution in [-0.4, -0.2) is 46.6 Å². The molecule has 1 aromatic heterocycles. The number of hydrogen-bond donors (Lipinski definition) is 1. The molecule has 1 atom stereocenters. The molecule has 1 N–H and O–H groups in total. The second-order valence-electron chi connectivity index (χ2n) is 4.99. The Hall–Kier alpha value is -1.27. The van der Waals surface area contributed by atoms with E-state index < -0.39 is 0 Å². The molecule has 1 aromatic rings. The number of Topliss-reactive ketones (excluding diaryl/α,β-unsaturated/α-hetero) is 1. The lowest BCUT2D eigenvalue weighted by molar-refractivity contribution is 0.0856. The van der Waals surface area contributed by atoms with E-state index in [0.717, 1.165) is 39.0 Å². The highest BCUT2D eigenvalue weighted by molar-refractivity contribution is 5.93. The predicted octanol–water partition coefficient (Wildman–Crippen LogP) is 0.564. The Morgan fingerprint density at radius 2 is 2.44 bits per heavy atom. The molecule has 2 fully saturated rings. The van der Waals surface area contributed by atoms with Crippen LogP contribution < -0.4 is 5.32 Å². The molecule has 2 aliphatic heterocycles. The molecule has 1 unspecified atom stereocenters. The largest absolute Gasteiger partial charge is 0.378 e. The molecule has 3 rings (SSSR count). The lowest BCUT2D eigenvalue weighted by Crippen LogP contribution is -2.43. The first-order valence-corrected chi connectivity index (χ1v) is 6.60. The van der Waals surface area contributed by atoms with E-state index in [1.54, 1.807) is 10.9 Å². The van der Waals surface area contributed by atoms with Crippen LogP contribution in [0, 0.1) is 0 Å². The van der Waals surface area contributed by atoms with Gasteiger partial charge in [0.05, 0.1) is 18.3 Å². The van der Waals surface area contributed by atoms with Crippen LogP contribution in [-0.2, 0) is 4.74 Å². The number of nitrogens with zero attached hydrogens (tertiary/aromatic N) is 3. The highest BCUT2D eigenvalue weighted by Gasteiger charge is 2.22. The van der Waals surface area contributed by atoms with Crippen molar-refractivity contribution in [3.05, 3.63) is 11.9 Å². The fourth-order valence-electron chi connectivity index (χ4n) is 2.34. The Labute approximate surface area is 106 Å². The molecular formula is C12H18N4O2. The van der Waals surface area contributed by atoms with Crippen molar-refractivity contribution in [2.75, 3.05) is 19.7 Å². The Kier molecular flexibility index (Phi) is 3.38. The summed E-state index contributed by atoms with van der Waals surface area (Å²) in [4.78, 5) is 12.0. The minimum atomic E-state index is 0.0732. The molecule has 0 spiro atoms. The zero-order valence-corrected chi connectivity index (χ0v) is 10.3. The number of ketones is 1. The maximum Gasteiger partial charge on any atom is 0.184 e. The summed E-state index contributed by atoms with van der Waals surface area (Å²) < 4.78 is 7.29. The maximum atomic E-state index is 12.0. The molecule has 2 saturated heterocycles. The summed E-state index contributed by atoms with van der Waals surface area (Å²) >= 11 is 0. The van der Waals surface area contributed by atoms with E-state index in [0.29, 0.717) is 18.2 Å². The van der Waals surface area contributed by atoms with Crippen LogP contribution in [0.4, 0.5) is 0 Å². The Morgan fingerprint density at radius 1 is 1.56 bits per heavy atom. The number of ether oxygens (including phenoxy) is 1. The number of rotatable bonds is 5. The molecule has 0 radical (unpaired) electrons. The van der Waals surface area contributed by atoms with Crippen LogP contribution in [0.5, 0.6) is 0 Å². The Balaban J connectivity index is 1.52. The number of aromatic nitrogens is 3. The number of carbonyl (C=O) groups is 1. The second kappa shape index (κ2) is 5.16. The quantitative estimate of drug-likeness (QED) is 0.773. The predicted molar refractivity (Wildman–Crippen MR) is 64.5 cm³/mol. The molecule has 2 aliphatic rings. The van der Waals surface area contributed by atoms with Gasteiger partial charge < -0.3 is 10.1 Å². The molecular weight excluding hydrogens is 232 g/mol. The van der Waals surface area contributed by atoms with Gasteiger partial charge in [0.2, 0.25) is 0 Å². The fraction of sp³-hybridized carbons (Fsp3) is 0.750. The third kappa shape index (κ3) is 2.44. The van der Waals surface area contributed by atoms with Crippen molar-refractivity contribution >= 4 is 5.78 Å². The van der Waals surface area contributed by atoms with E-state index in [1.165, 1.54) is 0 Å². The van der Waals surface area contributed by atoms with Gasteiger partial charge in [-0.1, -0.05) is 5.21 Å². The summed E-state index contributed by atoms with van der Waals surface area (Å²) in [6.07, 6.45) is 5.53. The van der Waals surface area contributed by atoms with Crippen LogP contribution >= 0.6 is 0 Å². The van der Waals surface area contributed by atoms with Crippen molar-refractivity contribution in [1.29, 1.82) is 0 Å². The third-order valence-corrected chi connectivity index (χ3v) is 3.65. The molecule has 18 heavy (non-hydrogen) atoms. The van der Waals surface area contributed by atoms with Crippen molar-refractivity contribution in [1.82, 2.24) is 20.3 Å². The van der Waals surface area contributed by atoms with E-state index in [4.69, 9.17) is 4.74 Å². The number of nitrogens with one attached hydrogen (secondary N) is 1. The van der Waals surface area contributed by atoms with E-state index in [1.807, 2.05) is 0 Å². The average Bonchev–Trinajstić information content (AvgIpc) is 2.94. The topological polar surface area (TPSA) is 69.0 Å². The SMILES string of the molecule is O=C(CCC1CCCO1)c1cn(C2CNC2)nn1. The van der Waals surface area contributed by atoms with Gasteiger partial charge in [-0.15, -0.1) is 5.10 Å². The van der Waals surface area contributed by atoms with Crippen LogP contribution in [0.2, 0.25) is 0 Å². The van der Waals surface area contributed by atoms with Crippen LogP contribution in [0.25, 0.3) is 0 Å². The van der Waals surface area contributed by atoms with Gasteiger partial charge in [0.15, 0.2) is 5.78 Å². The summed E-state index contributed by atoms with van der Waals surface area (Å²) in [7, 11) is 0. The van der Waals surface area contributed by atoms with Crippen LogP contribution in [0.1, 0.15) is 42.2 Å². The monoisotopic (exact) mass is 250 g/mol. The highest BCUT2D eigenvalue weighted by Crippen LogP contribution is 2.18. The summed E-state index contributed by atoms with van der Waals surface area (Å²) in [6, 6.07) is 0.359. The van der Waals surface area contributed by atoms with Gasteiger partial charge in [0.25, 0.3) is 0 Å². The average molecular weight is 250 g/mol. The van der Waals surface area contributed by atoms with Gasteiger partial charge in [-0.05, 0) is 19.3 Å². The number of hydrogen-bond acceptors (Lipinski definition) is 5. The van der Waals surface area contributed by atoms with Gasteiger partial charge in [-0.2, -0.15) is 0 Å². The van der Waals surface area contributed by atoms with Gasteiger partial charge in [0, 0.05) is 26.1 Å². The third-order valence-electron chi connectivity index (χ3n) is 3.65. The first-order chi connectivity index (χ1) is 8.83. The molecule has 0 bridgehead atoms. The van der Waals surface area contributed by atoms with Gasteiger partial charge in [-0.3, -0.25) is 4.79 Å². The molecule has 0 aromatic carbocycles. The summed E-state index contributed by atoms with van der Waals surface area (Å²) in [5, 5.41) is 11.1. The van der Waals surface area contributed by atoms with E-state index >= 15 is 0 Å². The highest BCUT2D eigenvalue weighted by atomic mass is 16.5. The van der Waals surface area contributed by atoms with Crippen molar-refractivity contribution in [2.45, 2.75) is 37.8 Å². The summed E-state index contributed by atoms with van der Waals surface area (Å²) in [5.41, 5.74) is 0.486. The molecule has 0 aliphatic carbocycles.